The highest BCUT2D eigenvalue weighted by atomic mass is 35.5. The fraction of sp³-hybridized carbons (Fsp3) is 0.267. The van der Waals surface area contributed by atoms with E-state index in [-0.39, 0.29) is 5.28 Å². The van der Waals surface area contributed by atoms with Crippen molar-refractivity contribution >= 4 is 23.5 Å². The van der Waals surface area contributed by atoms with Crippen molar-refractivity contribution in [2.75, 3.05) is 6.61 Å². The number of rotatable bonds is 6. The first kappa shape index (κ1) is 14.5. The van der Waals surface area contributed by atoms with Gasteiger partial charge in [-0.25, -0.2) is 9.97 Å². The molecule has 0 saturated heterocycles. The SMILES string of the molecule is CCCCOc1ccc(C=Nc2cnc(Cl)nc2)cc1. The van der Waals surface area contributed by atoms with Gasteiger partial charge in [0.15, 0.2) is 0 Å². The van der Waals surface area contributed by atoms with Crippen LogP contribution in [-0.2, 0) is 0 Å². The minimum absolute atomic E-state index is 0.220. The molecule has 0 aliphatic rings. The van der Waals surface area contributed by atoms with Crippen molar-refractivity contribution in [3.8, 4) is 5.75 Å². The maximum absolute atomic E-state index is 5.61. The molecule has 1 heterocycles. The Labute approximate surface area is 123 Å². The Morgan fingerprint density at radius 3 is 2.55 bits per heavy atom. The summed E-state index contributed by atoms with van der Waals surface area (Å²) in [4.78, 5) is 12.0. The predicted octanol–water partition coefficient (Wildman–Crippen LogP) is 4.06. The number of unbranched alkanes of at least 4 members (excludes halogenated alkanes) is 1. The summed E-state index contributed by atoms with van der Waals surface area (Å²) in [5.41, 5.74) is 1.65. The van der Waals surface area contributed by atoms with Gasteiger partial charge in [-0.1, -0.05) is 13.3 Å². The Balaban J connectivity index is 1.94. The average molecular weight is 290 g/mol. The van der Waals surface area contributed by atoms with Crippen LogP contribution in [0.15, 0.2) is 41.7 Å². The Bertz CT molecular complexity index is 552. The van der Waals surface area contributed by atoms with Gasteiger partial charge in [0, 0.05) is 6.21 Å². The summed E-state index contributed by atoms with van der Waals surface area (Å²) in [6.45, 7) is 2.90. The molecule has 0 spiro atoms. The largest absolute Gasteiger partial charge is 0.494 e. The molecule has 0 fully saturated rings. The number of hydrogen-bond acceptors (Lipinski definition) is 4. The molecule has 0 bridgehead atoms. The van der Waals surface area contributed by atoms with E-state index in [1.54, 1.807) is 18.6 Å². The Morgan fingerprint density at radius 2 is 1.90 bits per heavy atom. The van der Waals surface area contributed by atoms with Gasteiger partial charge in [0.05, 0.1) is 24.7 Å². The number of benzene rings is 1. The van der Waals surface area contributed by atoms with E-state index in [1.165, 1.54) is 0 Å². The highest BCUT2D eigenvalue weighted by Gasteiger charge is 1.95. The van der Waals surface area contributed by atoms with Crippen LogP contribution in [-0.4, -0.2) is 22.8 Å². The van der Waals surface area contributed by atoms with Crippen LogP contribution in [0, 0.1) is 0 Å². The first-order valence-electron chi connectivity index (χ1n) is 6.52. The van der Waals surface area contributed by atoms with Gasteiger partial charge in [0.25, 0.3) is 0 Å². The van der Waals surface area contributed by atoms with Crippen molar-refractivity contribution in [1.29, 1.82) is 0 Å². The van der Waals surface area contributed by atoms with Gasteiger partial charge in [-0.05, 0) is 47.9 Å². The Hall–Kier alpha value is -1.94. The van der Waals surface area contributed by atoms with Gasteiger partial charge in [-0.15, -0.1) is 0 Å². The predicted molar refractivity (Wildman–Crippen MR) is 81.1 cm³/mol. The zero-order valence-corrected chi connectivity index (χ0v) is 12.0. The van der Waals surface area contributed by atoms with Crippen molar-refractivity contribution in [3.63, 3.8) is 0 Å². The molecule has 0 atom stereocenters. The summed E-state index contributed by atoms with van der Waals surface area (Å²) in [5, 5.41) is 0.220. The molecule has 0 N–H and O–H groups in total. The molecular formula is C15H16ClN3O. The molecule has 1 aromatic heterocycles. The number of nitrogens with zero attached hydrogens (tertiary/aromatic N) is 3. The summed E-state index contributed by atoms with van der Waals surface area (Å²) >= 11 is 5.61. The maximum Gasteiger partial charge on any atom is 0.222 e. The van der Waals surface area contributed by atoms with Gasteiger partial charge in [-0.2, -0.15) is 0 Å². The third-order valence-electron chi connectivity index (χ3n) is 2.62. The lowest BCUT2D eigenvalue weighted by Gasteiger charge is -2.04. The van der Waals surface area contributed by atoms with E-state index in [0.717, 1.165) is 30.8 Å². The second kappa shape index (κ2) is 7.60. The molecule has 5 heteroatoms. The molecular weight excluding hydrogens is 274 g/mol. The van der Waals surface area contributed by atoms with E-state index >= 15 is 0 Å². The van der Waals surface area contributed by atoms with Crippen molar-refractivity contribution in [2.24, 2.45) is 4.99 Å². The van der Waals surface area contributed by atoms with Crippen molar-refractivity contribution in [3.05, 3.63) is 47.5 Å². The fourth-order valence-electron chi connectivity index (χ4n) is 1.51. The van der Waals surface area contributed by atoms with Crippen LogP contribution in [0.4, 0.5) is 5.69 Å². The summed E-state index contributed by atoms with van der Waals surface area (Å²) in [7, 11) is 0. The number of aliphatic imine (C=N–C) groups is 1. The first-order chi connectivity index (χ1) is 9.78. The van der Waals surface area contributed by atoms with Crippen LogP contribution >= 0.6 is 11.6 Å². The van der Waals surface area contributed by atoms with Crippen LogP contribution in [0.5, 0.6) is 5.75 Å². The minimum Gasteiger partial charge on any atom is -0.494 e. The van der Waals surface area contributed by atoms with Crippen LogP contribution < -0.4 is 4.74 Å². The number of ether oxygens (including phenoxy) is 1. The Morgan fingerprint density at radius 1 is 1.20 bits per heavy atom. The molecule has 0 amide bonds. The van der Waals surface area contributed by atoms with E-state index in [0.29, 0.717) is 5.69 Å². The normalized spacial score (nSPS) is 10.9. The second-order valence-corrected chi connectivity index (χ2v) is 4.58. The summed E-state index contributed by atoms with van der Waals surface area (Å²) in [6, 6.07) is 7.80. The summed E-state index contributed by atoms with van der Waals surface area (Å²) in [6.07, 6.45) is 7.11. The van der Waals surface area contributed by atoms with E-state index in [4.69, 9.17) is 16.3 Å². The number of halogens is 1. The third-order valence-corrected chi connectivity index (χ3v) is 2.81. The molecule has 2 rings (SSSR count). The van der Waals surface area contributed by atoms with Gasteiger partial charge in [0.1, 0.15) is 5.75 Å². The molecule has 104 valence electrons. The van der Waals surface area contributed by atoms with Crippen molar-refractivity contribution < 1.29 is 4.74 Å². The lowest BCUT2D eigenvalue weighted by Crippen LogP contribution is -1.96. The monoisotopic (exact) mass is 289 g/mol. The van der Waals surface area contributed by atoms with Crippen molar-refractivity contribution in [1.82, 2.24) is 9.97 Å². The first-order valence-corrected chi connectivity index (χ1v) is 6.90. The Kier molecular flexibility index (Phi) is 5.50. The van der Waals surface area contributed by atoms with Gasteiger partial charge in [-0.3, -0.25) is 4.99 Å². The summed E-state index contributed by atoms with van der Waals surface area (Å²) in [5.74, 6) is 0.880. The fourth-order valence-corrected chi connectivity index (χ4v) is 1.60. The molecule has 0 saturated carbocycles. The quantitative estimate of drug-likeness (QED) is 0.458. The molecule has 20 heavy (non-hydrogen) atoms. The lowest BCUT2D eigenvalue weighted by atomic mass is 10.2. The van der Waals surface area contributed by atoms with E-state index < -0.39 is 0 Å². The smallest absolute Gasteiger partial charge is 0.222 e. The molecule has 0 aliphatic heterocycles. The standard InChI is InChI=1S/C15H16ClN3O/c1-2-3-8-20-14-6-4-12(5-7-14)9-17-13-10-18-15(16)19-11-13/h4-7,9-11H,2-3,8H2,1H3. The number of hydrogen-bond donors (Lipinski definition) is 0. The summed E-state index contributed by atoms with van der Waals surface area (Å²) < 4.78 is 5.60. The van der Waals surface area contributed by atoms with Gasteiger partial charge < -0.3 is 4.74 Å². The average Bonchev–Trinajstić information content (AvgIpc) is 2.48. The number of aromatic nitrogens is 2. The lowest BCUT2D eigenvalue weighted by molar-refractivity contribution is 0.309. The van der Waals surface area contributed by atoms with Gasteiger partial charge >= 0.3 is 0 Å². The van der Waals surface area contributed by atoms with Crippen LogP contribution in [0.3, 0.4) is 0 Å². The second-order valence-electron chi connectivity index (χ2n) is 4.24. The van der Waals surface area contributed by atoms with Crippen molar-refractivity contribution in [2.45, 2.75) is 19.8 Å². The maximum atomic E-state index is 5.61. The molecule has 1 aromatic carbocycles. The van der Waals surface area contributed by atoms with E-state index in [9.17, 15) is 0 Å². The molecule has 2 aromatic rings. The zero-order valence-electron chi connectivity index (χ0n) is 11.3. The van der Waals surface area contributed by atoms with Gasteiger partial charge in [0.2, 0.25) is 5.28 Å². The minimum atomic E-state index is 0.220. The third kappa shape index (κ3) is 4.63. The zero-order chi connectivity index (χ0) is 14.2. The van der Waals surface area contributed by atoms with Crippen LogP contribution in [0.2, 0.25) is 5.28 Å². The molecule has 0 aliphatic carbocycles. The molecule has 4 nitrogen and oxygen atoms in total. The topological polar surface area (TPSA) is 47.4 Å². The van der Waals surface area contributed by atoms with E-state index in [2.05, 4.69) is 21.9 Å². The van der Waals surface area contributed by atoms with Crippen LogP contribution in [0.1, 0.15) is 25.3 Å². The van der Waals surface area contributed by atoms with E-state index in [1.807, 2.05) is 24.3 Å². The molecule has 0 unspecified atom stereocenters. The van der Waals surface area contributed by atoms with Crippen LogP contribution in [0.25, 0.3) is 0 Å². The highest BCUT2D eigenvalue weighted by Crippen LogP contribution is 2.13. The highest BCUT2D eigenvalue weighted by molar-refractivity contribution is 6.28. The molecule has 0 radical (unpaired) electrons.